The predicted octanol–water partition coefficient (Wildman–Crippen LogP) is 3.44. The molecule has 138 valence electrons. The number of rotatable bonds is 3. The van der Waals surface area contributed by atoms with Crippen LogP contribution in [0.1, 0.15) is 12.5 Å². The van der Waals surface area contributed by atoms with Crippen LogP contribution in [-0.2, 0) is 14.8 Å². The number of nitrogens with one attached hydrogen (secondary N) is 1. The van der Waals surface area contributed by atoms with E-state index in [9.17, 15) is 17.6 Å². The van der Waals surface area contributed by atoms with E-state index in [1.165, 1.54) is 29.2 Å². The quantitative estimate of drug-likeness (QED) is 0.789. The number of aryl methyl sites for hydroxylation is 1. The first kappa shape index (κ1) is 18.7. The van der Waals surface area contributed by atoms with Gasteiger partial charge in [0.1, 0.15) is 16.5 Å². The molecule has 0 saturated carbocycles. The average Bonchev–Trinajstić information content (AvgIpc) is 2.56. The molecular weight excluding hydrogens is 427 g/mol. The second-order valence-electron chi connectivity index (χ2n) is 5.98. The Kier molecular flexibility index (Phi) is 4.70. The maximum Gasteiger partial charge on any atom is 0.267 e. The molecule has 0 spiro atoms. The normalized spacial score (nSPS) is 16.9. The van der Waals surface area contributed by atoms with Crippen molar-refractivity contribution in [2.45, 2.75) is 24.8 Å². The maximum atomic E-state index is 13.7. The summed E-state index contributed by atoms with van der Waals surface area (Å²) >= 11 is 3.23. The van der Waals surface area contributed by atoms with Crippen molar-refractivity contribution in [3.05, 3.63) is 46.2 Å². The summed E-state index contributed by atoms with van der Waals surface area (Å²) in [7, 11) is -2.41. The number of hydrogen-bond acceptors (Lipinski definition) is 4. The minimum atomic E-state index is -4.00. The van der Waals surface area contributed by atoms with E-state index in [4.69, 9.17) is 4.74 Å². The van der Waals surface area contributed by atoms with Gasteiger partial charge in [-0.05, 0) is 53.5 Å². The van der Waals surface area contributed by atoms with Gasteiger partial charge in [-0.2, -0.15) is 0 Å². The fourth-order valence-corrected chi connectivity index (χ4v) is 4.68. The molecular formula is C17H16BrFN2O4S. The summed E-state index contributed by atoms with van der Waals surface area (Å²) in [6, 6.07) is 6.92. The van der Waals surface area contributed by atoms with E-state index in [-0.39, 0.29) is 26.7 Å². The SMILES string of the molecule is Cc1ccc(NS(=O)(=O)c2cc3c(cc2Br)N(C)C(=O)C(C)O3)cc1F. The molecule has 6 nitrogen and oxygen atoms in total. The number of nitrogens with zero attached hydrogens (tertiary/aromatic N) is 1. The van der Waals surface area contributed by atoms with Crippen LogP contribution in [0.5, 0.6) is 5.75 Å². The maximum absolute atomic E-state index is 13.7. The van der Waals surface area contributed by atoms with Crippen molar-refractivity contribution < 1.29 is 22.3 Å². The van der Waals surface area contributed by atoms with E-state index in [0.717, 1.165) is 6.07 Å². The number of ether oxygens (including phenoxy) is 1. The molecule has 1 aliphatic heterocycles. The van der Waals surface area contributed by atoms with Crippen LogP contribution < -0.4 is 14.4 Å². The van der Waals surface area contributed by atoms with E-state index in [1.54, 1.807) is 20.9 Å². The van der Waals surface area contributed by atoms with Crippen LogP contribution in [0.3, 0.4) is 0 Å². The van der Waals surface area contributed by atoms with Gasteiger partial charge >= 0.3 is 0 Å². The Balaban J connectivity index is 2.02. The van der Waals surface area contributed by atoms with Crippen LogP contribution in [0.4, 0.5) is 15.8 Å². The van der Waals surface area contributed by atoms with E-state index >= 15 is 0 Å². The number of fused-ring (bicyclic) bond motifs is 1. The fourth-order valence-electron chi connectivity index (χ4n) is 2.59. The molecule has 1 atom stereocenters. The molecule has 3 rings (SSSR count). The molecule has 0 aliphatic carbocycles. The Labute approximate surface area is 159 Å². The molecule has 9 heteroatoms. The Morgan fingerprint density at radius 1 is 1.27 bits per heavy atom. The number of benzene rings is 2. The highest BCUT2D eigenvalue weighted by molar-refractivity contribution is 9.10. The Bertz CT molecular complexity index is 1010. The molecule has 0 saturated heterocycles. The summed E-state index contributed by atoms with van der Waals surface area (Å²) in [6.07, 6.45) is -0.719. The standard InChI is InChI=1S/C17H16BrFN2O4S/c1-9-4-5-11(6-13(9)19)20-26(23,24)16-8-15-14(7-12(16)18)21(3)17(22)10(2)25-15/h4-8,10,20H,1-3H3. The van der Waals surface area contributed by atoms with Crippen molar-refractivity contribution in [2.75, 3.05) is 16.7 Å². The van der Waals surface area contributed by atoms with Gasteiger partial charge in [0, 0.05) is 17.6 Å². The molecule has 1 unspecified atom stereocenters. The van der Waals surface area contributed by atoms with Gasteiger partial charge in [0.2, 0.25) is 0 Å². The second-order valence-corrected chi connectivity index (χ2v) is 8.48. The monoisotopic (exact) mass is 442 g/mol. The van der Waals surface area contributed by atoms with E-state index in [1.807, 2.05) is 0 Å². The van der Waals surface area contributed by atoms with Crippen molar-refractivity contribution in [3.8, 4) is 5.75 Å². The molecule has 1 amide bonds. The number of anilines is 2. The van der Waals surface area contributed by atoms with Gasteiger partial charge in [0.15, 0.2) is 6.10 Å². The lowest BCUT2D eigenvalue weighted by Gasteiger charge is -2.30. The van der Waals surface area contributed by atoms with E-state index < -0.39 is 21.9 Å². The molecule has 1 aliphatic rings. The number of halogens is 2. The summed E-state index contributed by atoms with van der Waals surface area (Å²) in [4.78, 5) is 13.3. The molecule has 0 bridgehead atoms. The lowest BCUT2D eigenvalue weighted by molar-refractivity contribution is -0.125. The van der Waals surface area contributed by atoms with Crippen LogP contribution >= 0.6 is 15.9 Å². The van der Waals surface area contributed by atoms with E-state index in [0.29, 0.717) is 11.3 Å². The first-order valence-corrected chi connectivity index (χ1v) is 9.94. The van der Waals surface area contributed by atoms with Gasteiger partial charge in [0.25, 0.3) is 15.9 Å². The zero-order valence-corrected chi connectivity index (χ0v) is 16.6. The highest BCUT2D eigenvalue weighted by Gasteiger charge is 2.31. The van der Waals surface area contributed by atoms with Crippen LogP contribution in [0.25, 0.3) is 0 Å². The summed E-state index contributed by atoms with van der Waals surface area (Å²) < 4.78 is 47.3. The third kappa shape index (κ3) is 3.28. The van der Waals surface area contributed by atoms with Gasteiger partial charge < -0.3 is 9.64 Å². The van der Waals surface area contributed by atoms with Crippen LogP contribution in [-0.4, -0.2) is 27.5 Å². The minimum Gasteiger partial charge on any atom is -0.479 e. The zero-order valence-electron chi connectivity index (χ0n) is 14.2. The van der Waals surface area contributed by atoms with Crippen molar-refractivity contribution in [2.24, 2.45) is 0 Å². The van der Waals surface area contributed by atoms with Gasteiger partial charge in [-0.3, -0.25) is 9.52 Å². The number of carbonyl (C=O) groups excluding carboxylic acids is 1. The predicted molar refractivity (Wildman–Crippen MR) is 99.6 cm³/mol. The lowest BCUT2D eigenvalue weighted by Crippen LogP contribution is -2.42. The van der Waals surface area contributed by atoms with Gasteiger partial charge in [0.05, 0.1) is 11.4 Å². The summed E-state index contributed by atoms with van der Waals surface area (Å²) in [5.74, 6) is -0.460. The number of carbonyl (C=O) groups is 1. The average molecular weight is 443 g/mol. The topological polar surface area (TPSA) is 75.7 Å². The summed E-state index contributed by atoms with van der Waals surface area (Å²) in [6.45, 7) is 3.18. The highest BCUT2D eigenvalue weighted by atomic mass is 79.9. The Morgan fingerprint density at radius 2 is 1.96 bits per heavy atom. The molecule has 1 N–H and O–H groups in total. The van der Waals surface area contributed by atoms with Gasteiger partial charge in [-0.25, -0.2) is 12.8 Å². The molecule has 0 aromatic heterocycles. The smallest absolute Gasteiger partial charge is 0.267 e. The van der Waals surface area contributed by atoms with Crippen molar-refractivity contribution in [3.63, 3.8) is 0 Å². The Morgan fingerprint density at radius 3 is 2.62 bits per heavy atom. The first-order chi connectivity index (χ1) is 12.1. The number of sulfonamides is 1. The second kappa shape index (κ2) is 6.55. The third-order valence-corrected chi connectivity index (χ3v) is 6.41. The summed E-state index contributed by atoms with van der Waals surface area (Å²) in [5.41, 5.74) is 0.984. The van der Waals surface area contributed by atoms with Crippen LogP contribution in [0.2, 0.25) is 0 Å². The minimum absolute atomic E-state index is 0.0767. The molecule has 0 radical (unpaired) electrons. The zero-order chi connectivity index (χ0) is 19.2. The van der Waals surface area contributed by atoms with E-state index in [2.05, 4.69) is 20.7 Å². The molecule has 2 aromatic carbocycles. The number of hydrogen-bond donors (Lipinski definition) is 1. The van der Waals surface area contributed by atoms with Crippen molar-refractivity contribution in [1.29, 1.82) is 0 Å². The Hall–Kier alpha value is -2.13. The molecule has 2 aromatic rings. The van der Waals surface area contributed by atoms with Crippen LogP contribution in [0.15, 0.2) is 39.7 Å². The molecule has 0 fully saturated rings. The number of amides is 1. The number of likely N-dealkylation sites (N-methyl/N-ethyl adjacent to an activating group) is 1. The van der Waals surface area contributed by atoms with Gasteiger partial charge in [-0.1, -0.05) is 6.07 Å². The van der Waals surface area contributed by atoms with Crippen LogP contribution in [0, 0.1) is 12.7 Å². The lowest BCUT2D eigenvalue weighted by atomic mass is 10.2. The molecule has 1 heterocycles. The van der Waals surface area contributed by atoms with Gasteiger partial charge in [-0.15, -0.1) is 0 Å². The fraction of sp³-hybridized carbons (Fsp3) is 0.235. The summed E-state index contributed by atoms with van der Waals surface area (Å²) in [5, 5.41) is 0. The first-order valence-electron chi connectivity index (χ1n) is 7.67. The van der Waals surface area contributed by atoms with Crippen molar-refractivity contribution in [1.82, 2.24) is 0 Å². The highest BCUT2D eigenvalue weighted by Crippen LogP contribution is 2.39. The largest absolute Gasteiger partial charge is 0.479 e. The van der Waals surface area contributed by atoms with Crippen molar-refractivity contribution >= 4 is 43.2 Å². The molecule has 26 heavy (non-hydrogen) atoms. The third-order valence-electron chi connectivity index (χ3n) is 4.07.